The first-order valence-electron chi connectivity index (χ1n) is 12.9. The molecule has 2 heterocycles. The van der Waals surface area contributed by atoms with Crippen LogP contribution in [-0.2, 0) is 0 Å². The van der Waals surface area contributed by atoms with Gasteiger partial charge in [0.25, 0.3) is 0 Å². The summed E-state index contributed by atoms with van der Waals surface area (Å²) in [6.45, 7) is 6.10. The Morgan fingerprint density at radius 3 is 2.08 bits per heavy atom. The number of aromatic nitrogens is 2. The van der Waals surface area contributed by atoms with Crippen molar-refractivity contribution in [3.05, 3.63) is 139 Å². The molecule has 0 spiro atoms. The van der Waals surface area contributed by atoms with E-state index in [1.807, 2.05) is 24.4 Å². The summed E-state index contributed by atoms with van der Waals surface area (Å²) in [6, 6.07) is 37.1. The Balaban J connectivity index is 1.58. The highest BCUT2D eigenvalue weighted by molar-refractivity contribution is 6.02. The van der Waals surface area contributed by atoms with Crippen molar-refractivity contribution in [3.8, 4) is 50.3 Å². The predicted molar refractivity (Wildman–Crippen MR) is 160 cm³/mol. The van der Waals surface area contributed by atoms with Crippen LogP contribution in [0.2, 0.25) is 0 Å². The summed E-state index contributed by atoms with van der Waals surface area (Å²) in [5.41, 5.74) is 14.1. The van der Waals surface area contributed by atoms with Crippen molar-refractivity contribution >= 4 is 17.0 Å². The van der Waals surface area contributed by atoms with Crippen LogP contribution in [0.25, 0.3) is 67.3 Å². The summed E-state index contributed by atoms with van der Waals surface area (Å²) >= 11 is 0. The van der Waals surface area contributed by atoms with Gasteiger partial charge in [0, 0.05) is 34.1 Å². The van der Waals surface area contributed by atoms with Crippen LogP contribution in [0, 0.1) is 6.92 Å². The van der Waals surface area contributed by atoms with Crippen LogP contribution < -0.4 is 0 Å². The molecule has 6 aromatic rings. The van der Waals surface area contributed by atoms with Crippen LogP contribution in [0.4, 0.5) is 0 Å². The minimum atomic E-state index is 1.02. The van der Waals surface area contributed by atoms with E-state index in [0.29, 0.717) is 0 Å². The number of nitrogens with zero attached hydrogens (tertiary/aromatic N) is 2. The van der Waals surface area contributed by atoms with Gasteiger partial charge in [0.05, 0.1) is 11.2 Å². The van der Waals surface area contributed by atoms with Crippen LogP contribution in [0.3, 0.4) is 0 Å². The summed E-state index contributed by atoms with van der Waals surface area (Å²) in [5.74, 6) is 0. The van der Waals surface area contributed by atoms with Gasteiger partial charge in [-0.3, -0.25) is 4.98 Å². The normalized spacial score (nSPS) is 11.8. The molecule has 2 aromatic heterocycles. The smallest absolute Gasteiger partial charge is 0.0786 e. The molecule has 0 saturated carbocycles. The maximum atomic E-state index is 4.86. The first-order chi connectivity index (χ1) is 18.8. The molecule has 1 aliphatic rings. The van der Waals surface area contributed by atoms with Gasteiger partial charge in [0.2, 0.25) is 0 Å². The topological polar surface area (TPSA) is 17.8 Å². The monoisotopic (exact) mass is 486 g/mol. The number of aryl methyl sites for hydroxylation is 1. The highest BCUT2D eigenvalue weighted by Crippen LogP contribution is 2.47. The number of hydrogen-bond acceptors (Lipinski definition) is 1. The molecule has 0 radical (unpaired) electrons. The van der Waals surface area contributed by atoms with Crippen molar-refractivity contribution in [2.75, 3.05) is 0 Å². The van der Waals surface area contributed by atoms with Gasteiger partial charge in [0.1, 0.15) is 0 Å². The minimum absolute atomic E-state index is 1.02. The van der Waals surface area contributed by atoms with E-state index in [1.54, 1.807) is 0 Å². The quantitative estimate of drug-likeness (QED) is 0.227. The Morgan fingerprint density at radius 1 is 0.658 bits per heavy atom. The zero-order chi connectivity index (χ0) is 25.6. The van der Waals surface area contributed by atoms with Crippen molar-refractivity contribution < 1.29 is 0 Å². The van der Waals surface area contributed by atoms with Gasteiger partial charge in [-0.15, -0.1) is 0 Å². The molecule has 38 heavy (non-hydrogen) atoms. The third-order valence-corrected chi connectivity index (χ3v) is 7.61. The Bertz CT molecular complexity index is 1900. The first-order valence-corrected chi connectivity index (χ1v) is 12.9. The molecule has 4 aromatic carbocycles. The van der Waals surface area contributed by atoms with E-state index in [0.717, 1.165) is 22.5 Å². The lowest BCUT2D eigenvalue weighted by Gasteiger charge is -2.23. The van der Waals surface area contributed by atoms with Crippen molar-refractivity contribution in [1.82, 2.24) is 9.55 Å². The third kappa shape index (κ3) is 3.31. The maximum Gasteiger partial charge on any atom is 0.0786 e. The predicted octanol–water partition coefficient (Wildman–Crippen LogP) is 9.51. The lowest BCUT2D eigenvalue weighted by Crippen LogP contribution is -2.01. The Hall–Kier alpha value is -4.95. The van der Waals surface area contributed by atoms with Crippen molar-refractivity contribution in [2.24, 2.45) is 0 Å². The standard InChI is InChI=1S/C36H26N2/c1-3-4-18-34-24(2)26-12-9-10-19-35(26)38(34)25-20-21-30-28-14-7-8-16-31(28)36-32(17-11-22-37-36)27-13-5-6-15-29(27)33(30)23-25/h3-23H,1H2,2H3/b18-4-,30-28?,32-27?,33-29?,36-31?. The average molecular weight is 487 g/mol. The fourth-order valence-electron chi connectivity index (χ4n) is 5.90. The zero-order valence-electron chi connectivity index (χ0n) is 21.2. The first kappa shape index (κ1) is 22.3. The van der Waals surface area contributed by atoms with Crippen LogP contribution >= 0.6 is 0 Å². The number of para-hydroxylation sites is 1. The van der Waals surface area contributed by atoms with E-state index >= 15 is 0 Å². The van der Waals surface area contributed by atoms with E-state index < -0.39 is 0 Å². The van der Waals surface area contributed by atoms with E-state index in [4.69, 9.17) is 4.98 Å². The molecule has 2 nitrogen and oxygen atoms in total. The lowest BCUT2D eigenvalue weighted by atomic mass is 9.82. The number of pyridine rings is 1. The molecular formula is C36H26N2. The van der Waals surface area contributed by atoms with Gasteiger partial charge in [-0.05, 0) is 70.6 Å². The molecule has 0 aliphatic heterocycles. The van der Waals surface area contributed by atoms with Crippen LogP contribution in [-0.4, -0.2) is 9.55 Å². The molecule has 180 valence electrons. The summed E-state index contributed by atoms with van der Waals surface area (Å²) in [6.07, 6.45) is 7.90. The molecule has 0 amide bonds. The summed E-state index contributed by atoms with van der Waals surface area (Å²) in [5, 5.41) is 1.26. The summed E-state index contributed by atoms with van der Waals surface area (Å²) in [4.78, 5) is 4.86. The van der Waals surface area contributed by atoms with Crippen LogP contribution in [0.5, 0.6) is 0 Å². The molecule has 0 fully saturated rings. The average Bonchev–Trinajstić information content (AvgIpc) is 3.26. The van der Waals surface area contributed by atoms with Gasteiger partial charge < -0.3 is 4.57 Å². The molecule has 0 N–H and O–H groups in total. The van der Waals surface area contributed by atoms with Crippen LogP contribution in [0.15, 0.2) is 128 Å². The van der Waals surface area contributed by atoms with E-state index in [1.165, 1.54) is 50.0 Å². The molecule has 0 saturated heterocycles. The second kappa shape index (κ2) is 8.86. The van der Waals surface area contributed by atoms with Gasteiger partial charge in [-0.25, -0.2) is 0 Å². The number of rotatable bonds is 3. The molecule has 2 heteroatoms. The lowest BCUT2D eigenvalue weighted by molar-refractivity contribution is 1.10. The van der Waals surface area contributed by atoms with Gasteiger partial charge in [-0.1, -0.05) is 97.6 Å². The molecule has 0 unspecified atom stereocenters. The van der Waals surface area contributed by atoms with Crippen molar-refractivity contribution in [3.63, 3.8) is 0 Å². The number of fused-ring (bicyclic) bond motifs is 9. The largest absolute Gasteiger partial charge is 0.310 e. The van der Waals surface area contributed by atoms with E-state index in [2.05, 4.69) is 121 Å². The third-order valence-electron chi connectivity index (χ3n) is 7.61. The molecule has 0 bridgehead atoms. The number of hydrogen-bond donors (Lipinski definition) is 0. The van der Waals surface area contributed by atoms with E-state index in [9.17, 15) is 0 Å². The Kier molecular flexibility index (Phi) is 5.19. The Labute approximate surface area is 222 Å². The van der Waals surface area contributed by atoms with Crippen LogP contribution in [0.1, 0.15) is 11.3 Å². The maximum absolute atomic E-state index is 4.86. The van der Waals surface area contributed by atoms with Crippen molar-refractivity contribution in [2.45, 2.75) is 6.92 Å². The summed E-state index contributed by atoms with van der Waals surface area (Å²) < 4.78 is 2.37. The SMILES string of the molecule is C=C/C=C\c1c(C)c2ccccc2n1-c1ccc2c(c1)-c1ccccc1-c1cccnc1-c1ccccc1-2. The second-order valence-electron chi connectivity index (χ2n) is 9.68. The van der Waals surface area contributed by atoms with Gasteiger partial charge >= 0.3 is 0 Å². The molecular weight excluding hydrogens is 460 g/mol. The fourth-order valence-corrected chi connectivity index (χ4v) is 5.90. The van der Waals surface area contributed by atoms with E-state index in [-0.39, 0.29) is 0 Å². The Morgan fingerprint density at radius 2 is 1.29 bits per heavy atom. The van der Waals surface area contributed by atoms with Gasteiger partial charge in [0.15, 0.2) is 0 Å². The highest BCUT2D eigenvalue weighted by atomic mass is 15.0. The molecule has 0 atom stereocenters. The number of benzene rings is 4. The van der Waals surface area contributed by atoms with Gasteiger partial charge in [-0.2, -0.15) is 0 Å². The highest BCUT2D eigenvalue weighted by Gasteiger charge is 2.23. The zero-order valence-corrected chi connectivity index (χ0v) is 21.2. The molecule has 1 aliphatic carbocycles. The second-order valence-corrected chi connectivity index (χ2v) is 9.68. The number of allylic oxidation sites excluding steroid dienone is 2. The summed E-state index contributed by atoms with van der Waals surface area (Å²) in [7, 11) is 0. The molecule has 7 rings (SSSR count). The van der Waals surface area contributed by atoms with Crippen molar-refractivity contribution in [1.29, 1.82) is 0 Å². The fraction of sp³-hybridized carbons (Fsp3) is 0.0278. The minimum Gasteiger partial charge on any atom is -0.310 e.